The number of sulfonamides is 1. The molecule has 2 aromatic carbocycles. The summed E-state index contributed by atoms with van der Waals surface area (Å²) < 4.78 is 44.0. The van der Waals surface area contributed by atoms with Gasteiger partial charge < -0.3 is 10.1 Å². The predicted octanol–water partition coefficient (Wildman–Crippen LogP) is 2.33. The maximum Gasteiger partial charge on any atom is 0.321 e. The summed E-state index contributed by atoms with van der Waals surface area (Å²) in [7, 11) is -3.87. The number of nitrogens with one attached hydrogen (secondary N) is 2. The molecule has 0 spiro atoms. The third kappa shape index (κ3) is 6.02. The molecule has 0 saturated carbocycles. The molecule has 0 heterocycles. The Labute approximate surface area is 160 Å². The second kappa shape index (κ2) is 8.94. The van der Waals surface area contributed by atoms with Crippen LogP contribution in [0.3, 0.4) is 0 Å². The van der Waals surface area contributed by atoms with Gasteiger partial charge in [0.05, 0.1) is 15.6 Å². The summed E-state index contributed by atoms with van der Waals surface area (Å²) in [5, 5.41) is 2.37. The minimum Gasteiger partial charge on any atom is -0.452 e. The number of carbonyl (C=O) groups excluding carboxylic acids is 2. The van der Waals surface area contributed by atoms with Crippen molar-refractivity contribution < 1.29 is 27.1 Å². The first-order valence-corrected chi connectivity index (χ1v) is 9.55. The van der Waals surface area contributed by atoms with Crippen molar-refractivity contribution in [1.29, 1.82) is 0 Å². The van der Waals surface area contributed by atoms with Crippen LogP contribution in [0.25, 0.3) is 0 Å². The minimum atomic E-state index is -3.87. The molecule has 0 aliphatic heterocycles. The molecule has 7 nitrogen and oxygen atoms in total. The molecule has 0 radical (unpaired) electrons. The first-order chi connectivity index (χ1) is 12.7. The standard InChI is InChI=1S/C17H16ClFN2O5S/c1-11(17(23)21-15-8-7-12(19)9-14(15)18)26-16(22)10-20-27(24,25)13-5-3-2-4-6-13/h2-9,11,20H,10H2,1H3,(H,21,23)/t11-/m1/s1. The minimum absolute atomic E-state index is 0.00505. The Morgan fingerprint density at radius 2 is 1.85 bits per heavy atom. The summed E-state index contributed by atoms with van der Waals surface area (Å²) in [6.07, 6.45) is -1.22. The highest BCUT2D eigenvalue weighted by Crippen LogP contribution is 2.22. The van der Waals surface area contributed by atoms with Crippen LogP contribution in [0.1, 0.15) is 6.92 Å². The summed E-state index contributed by atoms with van der Waals surface area (Å²) in [5.74, 6) is -2.21. The fraction of sp³-hybridized carbons (Fsp3) is 0.176. The summed E-state index contributed by atoms with van der Waals surface area (Å²) in [6.45, 7) is 0.655. The van der Waals surface area contributed by atoms with Crippen LogP contribution in [0.15, 0.2) is 53.4 Å². The van der Waals surface area contributed by atoms with Crippen LogP contribution in [-0.4, -0.2) is 32.9 Å². The molecule has 2 aromatic rings. The fourth-order valence-electron chi connectivity index (χ4n) is 1.95. The highest BCUT2D eigenvalue weighted by Gasteiger charge is 2.21. The number of rotatable bonds is 7. The molecule has 1 amide bonds. The van der Waals surface area contributed by atoms with Crippen molar-refractivity contribution in [3.63, 3.8) is 0 Å². The lowest BCUT2D eigenvalue weighted by Gasteiger charge is -2.14. The number of benzene rings is 2. The molecule has 10 heteroatoms. The molecule has 0 aliphatic carbocycles. The number of hydrogen-bond acceptors (Lipinski definition) is 5. The lowest BCUT2D eigenvalue weighted by Crippen LogP contribution is -2.35. The van der Waals surface area contributed by atoms with Gasteiger partial charge in [-0.15, -0.1) is 0 Å². The van der Waals surface area contributed by atoms with Crippen LogP contribution in [0.4, 0.5) is 10.1 Å². The van der Waals surface area contributed by atoms with Gasteiger partial charge in [-0.25, -0.2) is 12.8 Å². The quantitative estimate of drug-likeness (QED) is 0.677. The molecule has 0 bridgehead atoms. The number of anilines is 1. The maximum atomic E-state index is 13.0. The van der Waals surface area contributed by atoms with Gasteiger partial charge in [-0.05, 0) is 37.3 Å². The highest BCUT2D eigenvalue weighted by atomic mass is 35.5. The number of hydrogen-bond donors (Lipinski definition) is 2. The Morgan fingerprint density at radius 3 is 2.48 bits per heavy atom. The highest BCUT2D eigenvalue weighted by molar-refractivity contribution is 7.89. The molecule has 1 atom stereocenters. The van der Waals surface area contributed by atoms with E-state index in [1.807, 2.05) is 0 Å². The van der Waals surface area contributed by atoms with Gasteiger partial charge in [-0.3, -0.25) is 9.59 Å². The first kappa shape index (κ1) is 20.8. The van der Waals surface area contributed by atoms with Crippen LogP contribution in [0.5, 0.6) is 0 Å². The molecule has 144 valence electrons. The second-order valence-corrected chi connectivity index (χ2v) is 7.56. The summed E-state index contributed by atoms with van der Waals surface area (Å²) in [6, 6.07) is 10.9. The molecule has 0 aromatic heterocycles. The van der Waals surface area contributed by atoms with Crippen LogP contribution in [-0.2, 0) is 24.3 Å². The maximum absolute atomic E-state index is 13.0. The van der Waals surface area contributed by atoms with E-state index < -0.39 is 40.4 Å². The second-order valence-electron chi connectivity index (χ2n) is 5.38. The summed E-state index contributed by atoms with van der Waals surface area (Å²) >= 11 is 5.80. The average molecular weight is 415 g/mol. The number of ether oxygens (including phenoxy) is 1. The van der Waals surface area contributed by atoms with Crippen molar-refractivity contribution in [3.05, 3.63) is 59.4 Å². The first-order valence-electron chi connectivity index (χ1n) is 7.69. The zero-order valence-corrected chi connectivity index (χ0v) is 15.7. The van der Waals surface area contributed by atoms with Gasteiger partial charge in [-0.2, -0.15) is 4.72 Å². The largest absolute Gasteiger partial charge is 0.452 e. The monoisotopic (exact) mass is 414 g/mol. The van der Waals surface area contributed by atoms with Gasteiger partial charge in [0.15, 0.2) is 6.10 Å². The lowest BCUT2D eigenvalue weighted by atomic mass is 10.3. The van der Waals surface area contributed by atoms with E-state index in [1.165, 1.54) is 25.1 Å². The Bertz CT molecular complexity index is 938. The van der Waals surface area contributed by atoms with Crippen LogP contribution in [0, 0.1) is 5.82 Å². The van der Waals surface area contributed by atoms with E-state index in [1.54, 1.807) is 18.2 Å². The molecular formula is C17H16ClFN2O5S. The summed E-state index contributed by atoms with van der Waals surface area (Å²) in [5.41, 5.74) is 0.149. The third-order valence-electron chi connectivity index (χ3n) is 3.33. The van der Waals surface area contributed by atoms with E-state index in [0.29, 0.717) is 0 Å². The van der Waals surface area contributed by atoms with E-state index >= 15 is 0 Å². The molecule has 0 unspecified atom stereocenters. The van der Waals surface area contributed by atoms with Gasteiger partial charge in [0.1, 0.15) is 12.4 Å². The smallest absolute Gasteiger partial charge is 0.321 e. The number of halogens is 2. The van der Waals surface area contributed by atoms with Gasteiger partial charge in [0, 0.05) is 0 Å². The SMILES string of the molecule is C[C@@H](OC(=O)CNS(=O)(=O)c1ccccc1)C(=O)Nc1ccc(F)cc1Cl. The van der Waals surface area contributed by atoms with Crippen molar-refractivity contribution in [2.45, 2.75) is 17.9 Å². The zero-order valence-electron chi connectivity index (χ0n) is 14.1. The molecular weight excluding hydrogens is 399 g/mol. The Morgan fingerprint density at radius 1 is 1.19 bits per heavy atom. The van der Waals surface area contributed by atoms with Crippen molar-refractivity contribution in [1.82, 2.24) is 4.72 Å². The fourth-order valence-corrected chi connectivity index (χ4v) is 3.16. The zero-order chi connectivity index (χ0) is 20.0. The van der Waals surface area contributed by atoms with Crippen LogP contribution < -0.4 is 10.0 Å². The van der Waals surface area contributed by atoms with Crippen molar-refractivity contribution >= 4 is 39.2 Å². The Kier molecular flexibility index (Phi) is 6.89. The number of esters is 1. The molecule has 0 fully saturated rings. The number of amides is 1. The molecule has 2 N–H and O–H groups in total. The average Bonchev–Trinajstić information content (AvgIpc) is 2.63. The van der Waals surface area contributed by atoms with E-state index in [0.717, 1.165) is 12.1 Å². The van der Waals surface area contributed by atoms with Crippen molar-refractivity contribution in [3.8, 4) is 0 Å². The van der Waals surface area contributed by atoms with E-state index in [-0.39, 0.29) is 15.6 Å². The third-order valence-corrected chi connectivity index (χ3v) is 5.06. The molecule has 0 saturated heterocycles. The van der Waals surface area contributed by atoms with Gasteiger partial charge in [-0.1, -0.05) is 29.8 Å². The van der Waals surface area contributed by atoms with Crippen molar-refractivity contribution in [2.75, 3.05) is 11.9 Å². The Balaban J connectivity index is 1.88. The van der Waals surface area contributed by atoms with Gasteiger partial charge >= 0.3 is 5.97 Å². The normalized spacial score (nSPS) is 12.3. The van der Waals surface area contributed by atoms with Gasteiger partial charge in [0.25, 0.3) is 5.91 Å². The molecule has 2 rings (SSSR count). The van der Waals surface area contributed by atoms with Gasteiger partial charge in [0.2, 0.25) is 10.0 Å². The Hall–Kier alpha value is -2.49. The van der Waals surface area contributed by atoms with E-state index in [2.05, 4.69) is 10.0 Å². The van der Waals surface area contributed by atoms with E-state index in [9.17, 15) is 22.4 Å². The topological polar surface area (TPSA) is 102 Å². The summed E-state index contributed by atoms with van der Waals surface area (Å²) in [4.78, 5) is 23.8. The lowest BCUT2D eigenvalue weighted by molar-refractivity contribution is -0.151. The molecule has 27 heavy (non-hydrogen) atoms. The molecule has 0 aliphatic rings. The van der Waals surface area contributed by atoms with Crippen LogP contribution in [0.2, 0.25) is 5.02 Å². The predicted molar refractivity (Wildman–Crippen MR) is 97.2 cm³/mol. The van der Waals surface area contributed by atoms with Crippen LogP contribution >= 0.6 is 11.6 Å². The van der Waals surface area contributed by atoms with E-state index in [4.69, 9.17) is 16.3 Å². The van der Waals surface area contributed by atoms with Crippen molar-refractivity contribution in [2.24, 2.45) is 0 Å². The number of carbonyl (C=O) groups is 2.